The predicted molar refractivity (Wildman–Crippen MR) is 149 cm³/mol. The second kappa shape index (κ2) is 13.0. The zero-order valence-electron chi connectivity index (χ0n) is 22.2. The van der Waals surface area contributed by atoms with Crippen LogP contribution >= 0.6 is 0 Å². The van der Waals surface area contributed by atoms with Crippen molar-refractivity contribution >= 4 is 23.2 Å². The van der Waals surface area contributed by atoms with E-state index in [4.69, 9.17) is 14.2 Å². The van der Waals surface area contributed by atoms with Crippen molar-refractivity contribution in [2.24, 2.45) is 0 Å². The number of fused-ring (bicyclic) bond motifs is 1. The molecule has 8 heteroatoms. The second-order valence-corrected chi connectivity index (χ2v) is 9.00. The highest BCUT2D eigenvalue weighted by molar-refractivity contribution is 6.08. The average molecular weight is 518 g/mol. The smallest absolute Gasteiger partial charge is 0.259 e. The van der Waals surface area contributed by atoms with Gasteiger partial charge in [0.2, 0.25) is 0 Å². The van der Waals surface area contributed by atoms with Gasteiger partial charge in [-0.3, -0.25) is 9.59 Å². The Balaban J connectivity index is 1.58. The van der Waals surface area contributed by atoms with Crippen LogP contribution in [0.5, 0.6) is 11.5 Å². The first-order valence-corrected chi connectivity index (χ1v) is 12.9. The molecule has 0 radical (unpaired) electrons. The zero-order valence-corrected chi connectivity index (χ0v) is 22.2. The van der Waals surface area contributed by atoms with Gasteiger partial charge in [0.25, 0.3) is 11.8 Å². The molecule has 3 aromatic rings. The summed E-state index contributed by atoms with van der Waals surface area (Å²) in [6.07, 6.45) is 1.63. The number of hydrogen-bond donors (Lipinski definition) is 2. The molecule has 8 nitrogen and oxygen atoms in total. The Morgan fingerprint density at radius 3 is 2.50 bits per heavy atom. The molecule has 0 bridgehead atoms. The van der Waals surface area contributed by atoms with Gasteiger partial charge in [0.1, 0.15) is 11.5 Å². The number of methoxy groups -OCH3 is 2. The fourth-order valence-corrected chi connectivity index (χ4v) is 4.57. The van der Waals surface area contributed by atoms with Crippen molar-refractivity contribution in [1.29, 1.82) is 0 Å². The van der Waals surface area contributed by atoms with Crippen molar-refractivity contribution in [3.05, 3.63) is 82.9 Å². The van der Waals surface area contributed by atoms with E-state index in [-0.39, 0.29) is 11.8 Å². The van der Waals surface area contributed by atoms with Gasteiger partial charge in [0, 0.05) is 50.3 Å². The summed E-state index contributed by atoms with van der Waals surface area (Å²) in [4.78, 5) is 28.7. The number of amides is 2. The summed E-state index contributed by atoms with van der Waals surface area (Å²) in [5.41, 5.74) is 4.83. The molecule has 0 atom stereocenters. The van der Waals surface area contributed by atoms with Crippen LogP contribution < -0.4 is 25.0 Å². The Hall–Kier alpha value is -4.04. The summed E-state index contributed by atoms with van der Waals surface area (Å²) < 4.78 is 16.0. The van der Waals surface area contributed by atoms with Crippen LogP contribution in [0.25, 0.3) is 0 Å². The molecule has 0 aliphatic carbocycles. The molecule has 0 spiro atoms. The first-order chi connectivity index (χ1) is 18.5. The van der Waals surface area contributed by atoms with Crippen LogP contribution in [-0.2, 0) is 17.7 Å². The number of ether oxygens (including phenoxy) is 3. The third-order valence-corrected chi connectivity index (χ3v) is 6.58. The van der Waals surface area contributed by atoms with Crippen molar-refractivity contribution in [2.45, 2.75) is 26.3 Å². The summed E-state index contributed by atoms with van der Waals surface area (Å²) >= 11 is 0. The Morgan fingerprint density at radius 2 is 1.74 bits per heavy atom. The number of anilines is 2. The quantitative estimate of drug-likeness (QED) is 0.359. The maximum Gasteiger partial charge on any atom is 0.259 e. The minimum absolute atomic E-state index is 0.187. The highest BCUT2D eigenvalue weighted by atomic mass is 16.5. The number of hydrogen-bond acceptors (Lipinski definition) is 6. The van der Waals surface area contributed by atoms with Gasteiger partial charge in [-0.2, -0.15) is 0 Å². The standard InChI is InChI=1S/C30H35N3O5/c1-4-38-17-7-15-31-29(34)26-18-23(32-30(35)25-12-11-24(36-2)19-28(25)37-3)10-13-27(26)33-16-14-21-8-5-6-9-22(21)20-33/h5-6,8-13,18-19H,4,7,14-17,20H2,1-3H3,(H,31,34)(H,32,35). The van der Waals surface area contributed by atoms with Crippen molar-refractivity contribution in [2.75, 3.05) is 50.7 Å². The second-order valence-electron chi connectivity index (χ2n) is 9.00. The Kier molecular flexibility index (Phi) is 9.21. The molecule has 0 saturated carbocycles. The maximum atomic E-state index is 13.3. The summed E-state index contributed by atoms with van der Waals surface area (Å²) in [6, 6.07) is 18.9. The fourth-order valence-electron chi connectivity index (χ4n) is 4.57. The van der Waals surface area contributed by atoms with Crippen LogP contribution in [-0.4, -0.2) is 52.3 Å². The van der Waals surface area contributed by atoms with E-state index in [1.165, 1.54) is 18.2 Å². The first kappa shape index (κ1) is 27.0. The van der Waals surface area contributed by atoms with E-state index in [9.17, 15) is 9.59 Å². The van der Waals surface area contributed by atoms with Gasteiger partial charge in [-0.25, -0.2) is 0 Å². The normalized spacial score (nSPS) is 12.4. The van der Waals surface area contributed by atoms with Gasteiger partial charge < -0.3 is 29.7 Å². The lowest BCUT2D eigenvalue weighted by Crippen LogP contribution is -2.33. The predicted octanol–water partition coefficient (Wildman–Crippen LogP) is 4.68. The van der Waals surface area contributed by atoms with Crippen molar-refractivity contribution in [3.63, 3.8) is 0 Å². The molecule has 4 rings (SSSR count). The molecule has 1 aliphatic heterocycles. The molecule has 3 aromatic carbocycles. The molecule has 0 saturated heterocycles. The van der Waals surface area contributed by atoms with Crippen LogP contribution in [0.1, 0.15) is 45.2 Å². The molecular weight excluding hydrogens is 482 g/mol. The van der Waals surface area contributed by atoms with Crippen molar-refractivity contribution in [1.82, 2.24) is 5.32 Å². The topological polar surface area (TPSA) is 89.1 Å². The van der Waals surface area contributed by atoms with Crippen molar-refractivity contribution in [3.8, 4) is 11.5 Å². The third-order valence-electron chi connectivity index (χ3n) is 6.58. The van der Waals surface area contributed by atoms with E-state index in [2.05, 4.69) is 33.7 Å². The number of nitrogens with one attached hydrogen (secondary N) is 2. The third kappa shape index (κ3) is 6.44. The van der Waals surface area contributed by atoms with E-state index in [0.717, 1.165) is 31.6 Å². The van der Waals surface area contributed by atoms with Gasteiger partial charge in [-0.1, -0.05) is 24.3 Å². The molecule has 1 heterocycles. The van der Waals surface area contributed by atoms with Crippen LogP contribution in [0.2, 0.25) is 0 Å². The molecule has 2 N–H and O–H groups in total. The van der Waals surface area contributed by atoms with E-state index < -0.39 is 0 Å². The minimum atomic E-state index is -0.341. The molecule has 1 aliphatic rings. The highest BCUT2D eigenvalue weighted by Crippen LogP contribution is 2.31. The summed E-state index contributed by atoms with van der Waals surface area (Å²) in [7, 11) is 3.06. The number of benzene rings is 3. The van der Waals surface area contributed by atoms with Crippen LogP contribution in [0.3, 0.4) is 0 Å². The number of carbonyl (C=O) groups is 2. The minimum Gasteiger partial charge on any atom is -0.497 e. The van der Waals surface area contributed by atoms with E-state index in [1.54, 1.807) is 31.4 Å². The summed E-state index contributed by atoms with van der Waals surface area (Å²) in [5.74, 6) is 0.465. The summed E-state index contributed by atoms with van der Waals surface area (Å²) in [5, 5.41) is 5.92. The van der Waals surface area contributed by atoms with E-state index >= 15 is 0 Å². The number of nitrogens with zero attached hydrogens (tertiary/aromatic N) is 1. The largest absolute Gasteiger partial charge is 0.497 e. The molecule has 0 aromatic heterocycles. The SMILES string of the molecule is CCOCCCNC(=O)c1cc(NC(=O)c2ccc(OC)cc2OC)ccc1N1CCc2ccccc2C1. The highest BCUT2D eigenvalue weighted by Gasteiger charge is 2.22. The van der Waals surface area contributed by atoms with Gasteiger partial charge in [0.15, 0.2) is 0 Å². The lowest BCUT2D eigenvalue weighted by molar-refractivity contribution is 0.0943. The van der Waals surface area contributed by atoms with Crippen LogP contribution in [0, 0.1) is 0 Å². The Bertz CT molecular complexity index is 1280. The Labute approximate surface area is 223 Å². The van der Waals surface area contributed by atoms with Gasteiger partial charge in [0.05, 0.1) is 25.3 Å². The Morgan fingerprint density at radius 1 is 0.921 bits per heavy atom. The number of rotatable bonds is 11. The molecule has 200 valence electrons. The molecule has 2 amide bonds. The van der Waals surface area contributed by atoms with Crippen LogP contribution in [0.15, 0.2) is 60.7 Å². The number of carbonyl (C=O) groups excluding carboxylic acids is 2. The van der Waals surface area contributed by atoms with E-state index in [1.807, 2.05) is 25.1 Å². The van der Waals surface area contributed by atoms with Gasteiger partial charge in [-0.15, -0.1) is 0 Å². The van der Waals surface area contributed by atoms with Gasteiger partial charge >= 0.3 is 0 Å². The molecular formula is C30H35N3O5. The maximum absolute atomic E-state index is 13.3. The van der Waals surface area contributed by atoms with Crippen molar-refractivity contribution < 1.29 is 23.8 Å². The molecule has 0 fully saturated rings. The molecule has 0 unspecified atom stereocenters. The average Bonchev–Trinajstić information content (AvgIpc) is 2.96. The first-order valence-electron chi connectivity index (χ1n) is 12.9. The molecule has 38 heavy (non-hydrogen) atoms. The lowest BCUT2D eigenvalue weighted by Gasteiger charge is -2.32. The van der Waals surface area contributed by atoms with E-state index in [0.29, 0.717) is 48.1 Å². The summed E-state index contributed by atoms with van der Waals surface area (Å²) in [6.45, 7) is 5.21. The zero-order chi connectivity index (χ0) is 26.9. The lowest BCUT2D eigenvalue weighted by atomic mass is 9.98. The van der Waals surface area contributed by atoms with Gasteiger partial charge in [-0.05, 0) is 61.2 Å². The fraction of sp³-hybridized carbons (Fsp3) is 0.333. The van der Waals surface area contributed by atoms with Crippen LogP contribution in [0.4, 0.5) is 11.4 Å². The monoisotopic (exact) mass is 517 g/mol.